The van der Waals surface area contributed by atoms with Gasteiger partial charge in [-0.05, 0) is 13.0 Å². The Hall–Kier alpha value is -1.04. The van der Waals surface area contributed by atoms with Crippen molar-refractivity contribution in [2.45, 2.75) is 6.42 Å². The minimum absolute atomic E-state index is 0.207. The molecule has 1 aromatic heterocycles. The van der Waals surface area contributed by atoms with Crippen LogP contribution in [0.25, 0.3) is 0 Å². The van der Waals surface area contributed by atoms with Crippen molar-refractivity contribution in [3.63, 3.8) is 0 Å². The van der Waals surface area contributed by atoms with Crippen LogP contribution in [0.2, 0.25) is 5.02 Å². The number of hydrogen-bond acceptors (Lipinski definition) is 5. The molecule has 1 aliphatic heterocycles. The normalized spacial score (nSPS) is 17.8. The van der Waals surface area contributed by atoms with Crippen LogP contribution in [0.4, 0.5) is 11.4 Å². The number of pyridine rings is 1. The second-order valence-corrected chi connectivity index (χ2v) is 4.87. The highest BCUT2D eigenvalue weighted by Gasteiger charge is 2.18. The molecule has 0 radical (unpaired) electrons. The molecule has 0 saturated carbocycles. The summed E-state index contributed by atoms with van der Waals surface area (Å²) in [7, 11) is 0. The van der Waals surface area contributed by atoms with Crippen molar-refractivity contribution >= 4 is 23.0 Å². The molecule has 2 rings (SSSR count). The molecule has 1 aliphatic rings. The van der Waals surface area contributed by atoms with Crippen LogP contribution in [0.3, 0.4) is 0 Å². The van der Waals surface area contributed by atoms with E-state index in [9.17, 15) is 0 Å². The summed E-state index contributed by atoms with van der Waals surface area (Å²) in [6, 6.07) is 0. The molecule has 1 fully saturated rings. The van der Waals surface area contributed by atoms with Gasteiger partial charge in [0.25, 0.3) is 0 Å². The lowest BCUT2D eigenvalue weighted by Crippen LogP contribution is -2.32. The number of halogens is 1. The molecule has 0 aliphatic carbocycles. The molecule has 2 heterocycles. The number of nitrogens with zero attached hydrogens (tertiary/aromatic N) is 3. The highest BCUT2D eigenvalue weighted by molar-refractivity contribution is 6.33. The zero-order valence-corrected chi connectivity index (χ0v) is 11.1. The Morgan fingerprint density at radius 3 is 2.83 bits per heavy atom. The van der Waals surface area contributed by atoms with Gasteiger partial charge >= 0.3 is 0 Å². The maximum absolute atomic E-state index is 8.98. The van der Waals surface area contributed by atoms with Crippen molar-refractivity contribution in [1.82, 2.24) is 9.88 Å². The minimum Gasteiger partial charge on any atom is -0.396 e. The Balaban J connectivity index is 2.10. The van der Waals surface area contributed by atoms with Crippen LogP contribution in [-0.4, -0.2) is 54.3 Å². The van der Waals surface area contributed by atoms with Crippen LogP contribution < -0.4 is 10.6 Å². The van der Waals surface area contributed by atoms with Gasteiger partial charge in [-0.1, -0.05) is 11.6 Å². The Kier molecular flexibility index (Phi) is 4.63. The molecule has 0 aromatic carbocycles. The predicted molar refractivity (Wildman–Crippen MR) is 74.0 cm³/mol. The van der Waals surface area contributed by atoms with Crippen LogP contribution >= 0.6 is 11.6 Å². The van der Waals surface area contributed by atoms with Crippen molar-refractivity contribution in [1.29, 1.82) is 0 Å². The molecule has 0 atom stereocenters. The summed E-state index contributed by atoms with van der Waals surface area (Å²) in [4.78, 5) is 8.44. The van der Waals surface area contributed by atoms with E-state index in [1.165, 1.54) is 0 Å². The number of nitrogens with two attached hydrogens (primary N) is 1. The summed E-state index contributed by atoms with van der Waals surface area (Å²) < 4.78 is 0. The number of aliphatic hydroxyl groups is 1. The second-order valence-electron chi connectivity index (χ2n) is 4.47. The molecule has 0 bridgehead atoms. The molecular formula is C12H19ClN4O. The van der Waals surface area contributed by atoms with Gasteiger partial charge in [0.15, 0.2) is 0 Å². The summed E-state index contributed by atoms with van der Waals surface area (Å²) in [5.41, 5.74) is 7.46. The molecular weight excluding hydrogens is 252 g/mol. The summed E-state index contributed by atoms with van der Waals surface area (Å²) in [5.74, 6) is 0. The number of hydrogen-bond donors (Lipinski definition) is 2. The Labute approximate surface area is 112 Å². The van der Waals surface area contributed by atoms with Gasteiger partial charge in [-0.3, -0.25) is 9.88 Å². The smallest absolute Gasteiger partial charge is 0.0843 e. The van der Waals surface area contributed by atoms with Crippen molar-refractivity contribution in [3.05, 3.63) is 17.4 Å². The summed E-state index contributed by atoms with van der Waals surface area (Å²) in [5, 5.41) is 9.58. The maximum Gasteiger partial charge on any atom is 0.0843 e. The zero-order chi connectivity index (χ0) is 13.0. The van der Waals surface area contributed by atoms with Gasteiger partial charge in [-0.2, -0.15) is 0 Å². The molecule has 5 nitrogen and oxygen atoms in total. The fourth-order valence-electron chi connectivity index (χ4n) is 2.34. The van der Waals surface area contributed by atoms with E-state index in [1.54, 1.807) is 12.4 Å². The topological polar surface area (TPSA) is 65.6 Å². The van der Waals surface area contributed by atoms with Gasteiger partial charge in [0.2, 0.25) is 0 Å². The van der Waals surface area contributed by atoms with E-state index < -0.39 is 0 Å². The van der Waals surface area contributed by atoms with Gasteiger partial charge in [0.05, 0.1) is 29.2 Å². The molecule has 0 unspecified atom stereocenters. The molecule has 1 aromatic rings. The van der Waals surface area contributed by atoms with E-state index in [-0.39, 0.29) is 6.61 Å². The van der Waals surface area contributed by atoms with E-state index in [4.69, 9.17) is 22.4 Å². The Morgan fingerprint density at radius 1 is 1.28 bits per heavy atom. The standard InChI is InChI=1S/C12H19ClN4O/c13-10-8-15-9-11(14)12(10)17-3-1-2-16(4-5-17)6-7-18/h8-9,18H,1-7,14H2. The third-order valence-corrected chi connectivity index (χ3v) is 3.50. The molecule has 3 N–H and O–H groups in total. The van der Waals surface area contributed by atoms with Crippen LogP contribution in [0.5, 0.6) is 0 Å². The fraction of sp³-hybridized carbons (Fsp3) is 0.583. The molecule has 100 valence electrons. The van der Waals surface area contributed by atoms with Gasteiger partial charge in [-0.25, -0.2) is 0 Å². The van der Waals surface area contributed by atoms with Gasteiger partial charge in [0, 0.05) is 32.4 Å². The van der Waals surface area contributed by atoms with Crippen molar-refractivity contribution in [2.24, 2.45) is 0 Å². The Bertz CT molecular complexity index is 381. The van der Waals surface area contributed by atoms with E-state index in [0.29, 0.717) is 10.7 Å². The summed E-state index contributed by atoms with van der Waals surface area (Å²) in [6.45, 7) is 4.65. The first-order chi connectivity index (χ1) is 8.72. The molecule has 1 saturated heterocycles. The van der Waals surface area contributed by atoms with Gasteiger partial charge < -0.3 is 15.7 Å². The zero-order valence-electron chi connectivity index (χ0n) is 10.3. The van der Waals surface area contributed by atoms with E-state index >= 15 is 0 Å². The van der Waals surface area contributed by atoms with Crippen molar-refractivity contribution in [3.8, 4) is 0 Å². The van der Waals surface area contributed by atoms with Crippen LogP contribution in [-0.2, 0) is 0 Å². The third kappa shape index (κ3) is 3.04. The first kappa shape index (κ1) is 13.4. The van der Waals surface area contributed by atoms with E-state index in [0.717, 1.165) is 44.8 Å². The fourth-order valence-corrected chi connectivity index (χ4v) is 2.62. The highest BCUT2D eigenvalue weighted by Crippen LogP contribution is 2.31. The molecule has 0 amide bonds. The van der Waals surface area contributed by atoms with E-state index in [1.807, 2.05) is 0 Å². The lowest BCUT2D eigenvalue weighted by Gasteiger charge is -2.25. The summed E-state index contributed by atoms with van der Waals surface area (Å²) >= 11 is 6.18. The second kappa shape index (κ2) is 6.22. The number of rotatable bonds is 3. The number of β-amino-alcohol motifs (C(OH)–C–C–N with tert-alkyl or cyclic N) is 1. The van der Waals surface area contributed by atoms with Crippen LogP contribution in [0.15, 0.2) is 12.4 Å². The maximum atomic E-state index is 8.98. The quantitative estimate of drug-likeness (QED) is 0.851. The van der Waals surface area contributed by atoms with Crippen LogP contribution in [0, 0.1) is 0 Å². The van der Waals surface area contributed by atoms with E-state index in [2.05, 4.69) is 14.8 Å². The highest BCUT2D eigenvalue weighted by atomic mass is 35.5. The molecule has 0 spiro atoms. The minimum atomic E-state index is 0.207. The average Bonchev–Trinajstić information content (AvgIpc) is 2.56. The number of aliphatic hydroxyl groups excluding tert-OH is 1. The lowest BCUT2D eigenvalue weighted by molar-refractivity contribution is 0.204. The van der Waals surface area contributed by atoms with Gasteiger partial charge in [-0.15, -0.1) is 0 Å². The Morgan fingerprint density at radius 2 is 2.11 bits per heavy atom. The SMILES string of the molecule is Nc1cncc(Cl)c1N1CCCN(CCO)CC1. The average molecular weight is 271 g/mol. The van der Waals surface area contributed by atoms with Crippen molar-refractivity contribution in [2.75, 3.05) is 50.0 Å². The first-order valence-electron chi connectivity index (χ1n) is 6.19. The summed E-state index contributed by atoms with van der Waals surface area (Å²) in [6.07, 6.45) is 4.30. The predicted octanol–water partition coefficient (Wildman–Crippen LogP) is 0.822. The molecule has 6 heteroatoms. The number of aromatic nitrogens is 1. The molecule has 18 heavy (non-hydrogen) atoms. The largest absolute Gasteiger partial charge is 0.396 e. The monoisotopic (exact) mass is 270 g/mol. The first-order valence-corrected chi connectivity index (χ1v) is 6.57. The lowest BCUT2D eigenvalue weighted by atomic mass is 10.3. The number of nitrogen functional groups attached to an aromatic ring is 1. The third-order valence-electron chi connectivity index (χ3n) is 3.22. The van der Waals surface area contributed by atoms with Crippen molar-refractivity contribution < 1.29 is 5.11 Å². The number of anilines is 2. The van der Waals surface area contributed by atoms with Crippen LogP contribution in [0.1, 0.15) is 6.42 Å². The van der Waals surface area contributed by atoms with Gasteiger partial charge in [0.1, 0.15) is 0 Å².